The van der Waals surface area contributed by atoms with Crippen LogP contribution >= 0.6 is 0 Å². The second kappa shape index (κ2) is 13.3. The Bertz CT molecular complexity index is 3430. The van der Waals surface area contributed by atoms with Crippen molar-refractivity contribution in [3.63, 3.8) is 0 Å². The molecule has 278 valence electrons. The van der Waals surface area contributed by atoms with E-state index >= 15 is 0 Å². The van der Waals surface area contributed by atoms with Crippen molar-refractivity contribution in [3.8, 4) is 45.8 Å². The van der Waals surface area contributed by atoms with Crippen LogP contribution in [0.25, 0.3) is 101 Å². The molecule has 1 unspecified atom stereocenters. The molecule has 0 saturated heterocycles. The van der Waals surface area contributed by atoms with Gasteiger partial charge in [-0.05, 0) is 42.8 Å². The van der Waals surface area contributed by atoms with Crippen LogP contribution in [-0.2, 0) is 0 Å². The summed E-state index contributed by atoms with van der Waals surface area (Å²) in [5.74, 6) is 3.33. The molecule has 1 aliphatic carbocycles. The number of hydrogen-bond acceptors (Lipinski definition) is 6. The summed E-state index contributed by atoms with van der Waals surface area (Å²) in [6.07, 6.45) is 9.28. The second-order valence-corrected chi connectivity index (χ2v) is 14.8. The molecule has 59 heavy (non-hydrogen) atoms. The molecule has 0 aliphatic heterocycles. The van der Waals surface area contributed by atoms with E-state index in [-0.39, 0.29) is 5.92 Å². The van der Waals surface area contributed by atoms with Crippen molar-refractivity contribution >= 4 is 54.7 Å². The first-order chi connectivity index (χ1) is 29.3. The summed E-state index contributed by atoms with van der Waals surface area (Å²) in [5.41, 5.74) is 9.09. The monoisotopic (exact) mass is 759 g/mol. The largest absolute Gasteiger partial charge is 0.439 e. The summed E-state index contributed by atoms with van der Waals surface area (Å²) in [7, 11) is 0. The van der Waals surface area contributed by atoms with Crippen LogP contribution in [0.1, 0.15) is 18.2 Å². The fourth-order valence-corrected chi connectivity index (χ4v) is 8.63. The third-order valence-corrected chi connectivity index (χ3v) is 11.3. The van der Waals surface area contributed by atoms with Crippen LogP contribution < -0.4 is 0 Å². The minimum absolute atomic E-state index is 0.100. The molecule has 0 bridgehead atoms. The number of oxazole rings is 1. The van der Waals surface area contributed by atoms with Gasteiger partial charge in [-0.2, -0.15) is 9.97 Å². The standard InChI is InChI=1S/C51H33N7O/c1-4-16-32(17-5-1)48-54-49(33-18-6-2-7-19-33)56-51(55-48)58-43-28-13-11-23-36(43)38-31-30-37-35-22-10-12-27-42(35)57(45(37)46(38)58)44-29-15-25-40(52-44)39-24-14-26-41-47(39)59-50(53-41)34-20-8-3-9-21-34/h1-20,22-31,34H,21H2. The Morgan fingerprint density at radius 2 is 1.12 bits per heavy atom. The maximum atomic E-state index is 6.54. The van der Waals surface area contributed by atoms with Gasteiger partial charge in [0.25, 0.3) is 0 Å². The minimum atomic E-state index is 0.100. The van der Waals surface area contributed by atoms with Gasteiger partial charge in [-0.3, -0.25) is 9.13 Å². The van der Waals surface area contributed by atoms with E-state index in [9.17, 15) is 0 Å². The van der Waals surface area contributed by atoms with Gasteiger partial charge in [0.05, 0.1) is 33.7 Å². The number of fused-ring (bicyclic) bond motifs is 8. The topological polar surface area (TPSA) is 87.5 Å². The molecule has 6 aromatic carbocycles. The van der Waals surface area contributed by atoms with Crippen LogP contribution in [0.2, 0.25) is 0 Å². The number of rotatable bonds is 6. The quantitative estimate of drug-likeness (QED) is 0.168. The average molecular weight is 760 g/mol. The van der Waals surface area contributed by atoms with Crippen LogP contribution in [0.15, 0.2) is 186 Å². The third kappa shape index (κ3) is 5.34. The van der Waals surface area contributed by atoms with Gasteiger partial charge in [0, 0.05) is 38.2 Å². The molecule has 0 fully saturated rings. The highest BCUT2D eigenvalue weighted by molar-refractivity contribution is 6.23. The third-order valence-electron chi connectivity index (χ3n) is 11.3. The predicted molar refractivity (Wildman–Crippen MR) is 236 cm³/mol. The Morgan fingerprint density at radius 1 is 0.492 bits per heavy atom. The summed E-state index contributed by atoms with van der Waals surface area (Å²) in [4.78, 5) is 25.9. The van der Waals surface area contributed by atoms with Gasteiger partial charge in [0.15, 0.2) is 17.2 Å². The molecule has 0 spiro atoms. The van der Waals surface area contributed by atoms with E-state index in [2.05, 4.69) is 112 Å². The molecule has 0 N–H and O–H groups in total. The van der Waals surface area contributed by atoms with Gasteiger partial charge in [-0.15, -0.1) is 0 Å². The maximum Gasteiger partial charge on any atom is 0.238 e. The van der Waals surface area contributed by atoms with E-state index in [1.165, 1.54) is 0 Å². The zero-order valence-corrected chi connectivity index (χ0v) is 31.6. The van der Waals surface area contributed by atoms with Crippen molar-refractivity contribution in [2.24, 2.45) is 0 Å². The van der Waals surface area contributed by atoms with Crippen LogP contribution in [0.3, 0.4) is 0 Å². The first-order valence-electron chi connectivity index (χ1n) is 19.8. The van der Waals surface area contributed by atoms with E-state index in [1.54, 1.807) is 0 Å². The number of allylic oxidation sites excluding steroid dienone is 4. The van der Waals surface area contributed by atoms with Gasteiger partial charge >= 0.3 is 0 Å². The van der Waals surface area contributed by atoms with E-state index in [0.29, 0.717) is 23.5 Å². The van der Waals surface area contributed by atoms with E-state index in [4.69, 9.17) is 29.3 Å². The lowest BCUT2D eigenvalue weighted by Crippen LogP contribution is -2.07. The van der Waals surface area contributed by atoms with E-state index in [1.807, 2.05) is 78.9 Å². The van der Waals surface area contributed by atoms with Gasteiger partial charge in [0.2, 0.25) is 11.8 Å². The van der Waals surface area contributed by atoms with Crippen LogP contribution in [-0.4, -0.2) is 34.1 Å². The molecule has 1 atom stereocenters. The first-order valence-corrected chi connectivity index (χ1v) is 19.8. The summed E-state index contributed by atoms with van der Waals surface area (Å²) in [6.45, 7) is 0. The number of aromatic nitrogens is 7. The molecule has 12 rings (SSSR count). The zero-order chi connectivity index (χ0) is 38.9. The van der Waals surface area contributed by atoms with Crippen molar-refractivity contribution in [1.82, 2.24) is 34.1 Å². The lowest BCUT2D eigenvalue weighted by molar-refractivity contribution is 0.505. The van der Waals surface area contributed by atoms with Gasteiger partial charge in [-0.25, -0.2) is 15.0 Å². The molecule has 0 saturated carbocycles. The normalized spacial score (nSPS) is 14.1. The first kappa shape index (κ1) is 33.2. The van der Waals surface area contributed by atoms with E-state index in [0.717, 1.165) is 89.3 Å². The summed E-state index contributed by atoms with van der Waals surface area (Å²) >= 11 is 0. The lowest BCUT2D eigenvalue weighted by Gasteiger charge is -2.13. The number of para-hydroxylation sites is 3. The van der Waals surface area contributed by atoms with Crippen molar-refractivity contribution in [3.05, 3.63) is 188 Å². The number of nitrogens with zero attached hydrogens (tertiary/aromatic N) is 7. The fraction of sp³-hybridized carbons (Fsp3) is 0.0392. The zero-order valence-electron chi connectivity index (χ0n) is 31.6. The van der Waals surface area contributed by atoms with Crippen LogP contribution in [0, 0.1) is 0 Å². The highest BCUT2D eigenvalue weighted by Crippen LogP contribution is 2.42. The lowest BCUT2D eigenvalue weighted by atomic mass is 10.0. The number of hydrogen-bond donors (Lipinski definition) is 0. The smallest absolute Gasteiger partial charge is 0.238 e. The molecule has 8 nitrogen and oxygen atoms in total. The summed E-state index contributed by atoms with van der Waals surface area (Å²) in [5, 5.41) is 4.40. The predicted octanol–water partition coefficient (Wildman–Crippen LogP) is 12.2. The number of benzene rings is 6. The summed E-state index contributed by atoms with van der Waals surface area (Å²) < 4.78 is 11.0. The molecular formula is C51H33N7O. The Morgan fingerprint density at radius 3 is 1.80 bits per heavy atom. The molecular weight excluding hydrogens is 727 g/mol. The van der Waals surface area contributed by atoms with E-state index < -0.39 is 0 Å². The second-order valence-electron chi connectivity index (χ2n) is 14.8. The maximum absolute atomic E-state index is 6.54. The Kier molecular flexibility index (Phi) is 7.49. The van der Waals surface area contributed by atoms with Crippen LogP contribution in [0.4, 0.5) is 0 Å². The van der Waals surface area contributed by atoms with Crippen molar-refractivity contribution in [1.29, 1.82) is 0 Å². The Balaban J connectivity index is 1.14. The van der Waals surface area contributed by atoms with Gasteiger partial charge < -0.3 is 4.42 Å². The molecule has 1 aliphatic rings. The van der Waals surface area contributed by atoms with Crippen molar-refractivity contribution in [2.45, 2.75) is 12.3 Å². The SMILES string of the molecule is C1=CCC(c2nc3cccc(-c4cccc(-n5c6ccccc6c6ccc7c8ccccc8n(-c8nc(-c9ccccc9)nc(-c9ccccc9)n8)c7c65)n4)c3o2)C=C1. The summed E-state index contributed by atoms with van der Waals surface area (Å²) in [6, 6.07) is 54.0. The average Bonchev–Trinajstić information content (AvgIpc) is 4.00. The van der Waals surface area contributed by atoms with Gasteiger partial charge in [0.1, 0.15) is 11.3 Å². The fourth-order valence-electron chi connectivity index (χ4n) is 8.63. The van der Waals surface area contributed by atoms with Crippen molar-refractivity contribution < 1.29 is 4.42 Å². The molecule has 5 aromatic heterocycles. The highest BCUT2D eigenvalue weighted by Gasteiger charge is 2.25. The number of pyridine rings is 1. The Labute approximate surface area is 338 Å². The van der Waals surface area contributed by atoms with Crippen molar-refractivity contribution in [2.75, 3.05) is 0 Å². The molecule has 0 radical (unpaired) electrons. The molecule has 8 heteroatoms. The highest BCUT2D eigenvalue weighted by atomic mass is 16.3. The molecule has 11 aromatic rings. The minimum Gasteiger partial charge on any atom is -0.439 e. The molecule has 0 amide bonds. The Hall–Kier alpha value is -7.97. The van der Waals surface area contributed by atoms with Crippen LogP contribution in [0.5, 0.6) is 0 Å². The molecule has 5 heterocycles. The van der Waals surface area contributed by atoms with Gasteiger partial charge in [-0.1, -0.05) is 146 Å².